The summed E-state index contributed by atoms with van der Waals surface area (Å²) in [7, 11) is 0. The summed E-state index contributed by atoms with van der Waals surface area (Å²) >= 11 is 0. The Balaban J connectivity index is 1.96. The molecule has 1 atom stereocenters. The molecule has 2 amide bonds. The van der Waals surface area contributed by atoms with Gasteiger partial charge in [-0.25, -0.2) is 4.39 Å². The smallest absolute Gasteiger partial charge is 0.271 e. The molecule has 34 heavy (non-hydrogen) atoms. The lowest BCUT2D eigenvalue weighted by Crippen LogP contribution is -2.47. The maximum atomic E-state index is 13.2. The third-order valence-corrected chi connectivity index (χ3v) is 5.69. The van der Waals surface area contributed by atoms with Crippen molar-refractivity contribution in [2.45, 2.75) is 46.8 Å². The lowest BCUT2D eigenvalue weighted by Gasteiger charge is -2.31. The molecular weight excluding hydrogens is 435 g/mol. The van der Waals surface area contributed by atoms with Crippen LogP contribution in [0, 0.1) is 17.1 Å². The monoisotopic (exact) mass is 462 g/mol. The largest absolute Gasteiger partial charge is 0.490 e. The topological polar surface area (TPSA) is 79.6 Å². The van der Waals surface area contributed by atoms with Crippen LogP contribution in [0.2, 0.25) is 0 Å². The third kappa shape index (κ3) is 5.18. The number of ether oxygens (including phenoxy) is 2. The van der Waals surface area contributed by atoms with E-state index in [-0.39, 0.29) is 24.0 Å². The first kappa shape index (κ1) is 24.7. The quantitative estimate of drug-likeness (QED) is 0.398. The van der Waals surface area contributed by atoms with E-state index < -0.39 is 11.8 Å². The Morgan fingerprint density at radius 3 is 2.38 bits per heavy atom. The zero-order valence-corrected chi connectivity index (χ0v) is 19.7. The first-order valence-electron chi connectivity index (χ1n) is 11.2. The number of rotatable bonds is 8. The number of nitrogens with zero attached hydrogens (tertiary/aromatic N) is 2. The van der Waals surface area contributed by atoms with E-state index in [9.17, 15) is 19.2 Å². The van der Waals surface area contributed by atoms with Crippen molar-refractivity contribution >= 4 is 17.9 Å². The molecule has 0 spiro atoms. The summed E-state index contributed by atoms with van der Waals surface area (Å²) in [6.07, 6.45) is 2.24. The molecule has 3 rings (SSSR count). The Labute approximate surface area is 198 Å². The van der Waals surface area contributed by atoms with E-state index in [2.05, 4.69) is 0 Å². The second-order valence-electron chi connectivity index (χ2n) is 7.96. The van der Waals surface area contributed by atoms with Crippen molar-refractivity contribution in [1.82, 2.24) is 4.90 Å². The lowest BCUT2D eigenvalue weighted by molar-refractivity contribution is -0.142. The Kier molecular flexibility index (Phi) is 7.85. The number of carbonyl (C=O) groups excluding carboxylic acids is 2. The Bertz CT molecular complexity index is 1190. The van der Waals surface area contributed by atoms with E-state index in [1.165, 1.54) is 12.1 Å². The van der Waals surface area contributed by atoms with Crippen LogP contribution in [0.15, 0.2) is 59.2 Å². The fraction of sp³-hybridized carbons (Fsp3) is 0.296. The Morgan fingerprint density at radius 2 is 1.76 bits per heavy atom. The summed E-state index contributed by atoms with van der Waals surface area (Å²) in [6, 6.07) is 12.9. The maximum Gasteiger partial charge on any atom is 0.271 e. The molecule has 2 aromatic carbocycles. The van der Waals surface area contributed by atoms with Crippen molar-refractivity contribution in [3.63, 3.8) is 0 Å². The number of halogens is 1. The summed E-state index contributed by atoms with van der Waals surface area (Å²) < 4.78 is 24.7. The van der Waals surface area contributed by atoms with Gasteiger partial charge in [-0.15, -0.1) is 0 Å². The summed E-state index contributed by atoms with van der Waals surface area (Å²) in [5.74, 6) is -0.309. The zero-order valence-electron chi connectivity index (χ0n) is 19.7. The second-order valence-corrected chi connectivity index (χ2v) is 7.96. The van der Waals surface area contributed by atoms with Crippen LogP contribution >= 0.6 is 0 Å². The molecule has 1 heterocycles. The van der Waals surface area contributed by atoms with Crippen LogP contribution in [0.1, 0.15) is 45.2 Å². The van der Waals surface area contributed by atoms with Crippen LogP contribution in [0.25, 0.3) is 6.08 Å². The fourth-order valence-electron chi connectivity index (χ4n) is 3.59. The van der Waals surface area contributed by atoms with Crippen LogP contribution in [-0.2, 0) is 16.2 Å². The van der Waals surface area contributed by atoms with Gasteiger partial charge >= 0.3 is 0 Å². The number of carbonyl (C=O) groups is 2. The highest BCUT2D eigenvalue weighted by atomic mass is 19.1. The van der Waals surface area contributed by atoms with Crippen LogP contribution in [0.5, 0.6) is 11.5 Å². The van der Waals surface area contributed by atoms with E-state index in [1.54, 1.807) is 50.3 Å². The molecule has 1 aliphatic heterocycles. The average molecular weight is 463 g/mol. The van der Waals surface area contributed by atoms with Gasteiger partial charge in [-0.2, -0.15) is 5.26 Å². The first-order chi connectivity index (χ1) is 16.3. The van der Waals surface area contributed by atoms with E-state index in [0.29, 0.717) is 41.2 Å². The number of imide groups is 1. The van der Waals surface area contributed by atoms with Crippen molar-refractivity contribution in [2.75, 3.05) is 6.61 Å². The predicted molar refractivity (Wildman–Crippen MR) is 126 cm³/mol. The van der Waals surface area contributed by atoms with Gasteiger partial charge in [-0.05, 0) is 74.2 Å². The molecule has 0 aromatic heterocycles. The summed E-state index contributed by atoms with van der Waals surface area (Å²) in [5, 5.41) is 9.54. The van der Waals surface area contributed by atoms with E-state index in [4.69, 9.17) is 9.47 Å². The number of amides is 2. The van der Waals surface area contributed by atoms with Crippen LogP contribution < -0.4 is 9.47 Å². The number of benzene rings is 2. The Hall–Kier alpha value is -3.92. The highest BCUT2D eigenvalue weighted by Crippen LogP contribution is 2.33. The molecule has 0 radical (unpaired) electrons. The van der Waals surface area contributed by atoms with Crippen molar-refractivity contribution < 1.29 is 23.5 Å². The highest BCUT2D eigenvalue weighted by molar-refractivity contribution is 6.19. The van der Waals surface area contributed by atoms with Gasteiger partial charge in [-0.1, -0.05) is 25.1 Å². The van der Waals surface area contributed by atoms with E-state index in [0.717, 1.165) is 10.5 Å². The molecule has 1 aliphatic rings. The van der Waals surface area contributed by atoms with Gasteiger partial charge < -0.3 is 9.47 Å². The normalized spacial score (nSPS) is 16.0. The van der Waals surface area contributed by atoms with Crippen LogP contribution in [-0.4, -0.2) is 29.4 Å². The molecule has 176 valence electrons. The molecule has 0 N–H and O–H groups in total. The van der Waals surface area contributed by atoms with E-state index >= 15 is 0 Å². The molecule has 6 nitrogen and oxygen atoms in total. The maximum absolute atomic E-state index is 13.2. The fourth-order valence-corrected chi connectivity index (χ4v) is 3.59. The number of hydrogen-bond acceptors (Lipinski definition) is 5. The molecular formula is C27H27FN2O4. The van der Waals surface area contributed by atoms with Gasteiger partial charge in [0.2, 0.25) is 0 Å². The third-order valence-electron chi connectivity index (χ3n) is 5.69. The molecule has 0 bridgehead atoms. The summed E-state index contributed by atoms with van der Waals surface area (Å²) in [6.45, 7) is 7.76. The molecule has 0 saturated carbocycles. The second kappa shape index (κ2) is 10.8. The summed E-state index contributed by atoms with van der Waals surface area (Å²) in [5.41, 5.74) is 2.08. The first-order valence-corrected chi connectivity index (χ1v) is 11.2. The van der Waals surface area contributed by atoms with Gasteiger partial charge in [0.15, 0.2) is 11.5 Å². The zero-order chi connectivity index (χ0) is 24.8. The van der Waals surface area contributed by atoms with Crippen molar-refractivity contribution in [3.8, 4) is 17.6 Å². The highest BCUT2D eigenvalue weighted by Gasteiger charge is 2.37. The van der Waals surface area contributed by atoms with Crippen LogP contribution in [0.4, 0.5) is 4.39 Å². The minimum atomic E-state index is -0.559. The lowest BCUT2D eigenvalue weighted by atomic mass is 9.92. The minimum Gasteiger partial charge on any atom is -0.490 e. The standard InChI is InChI=1S/C27H27FN2O4/c1-5-17(3)30-26(31)22(18(4)23(15-29)27(30)32)13-20-9-12-24(25(14-20)33-6-2)34-16-19-7-10-21(28)11-8-19/h7-14,17H,5-6,16H2,1-4H3/b22-13+. The molecule has 0 saturated heterocycles. The van der Waals surface area contributed by atoms with Gasteiger partial charge in [0.1, 0.15) is 24.1 Å². The predicted octanol–water partition coefficient (Wildman–Crippen LogP) is 5.19. The molecule has 2 aromatic rings. The minimum absolute atomic E-state index is 0.0320. The SMILES string of the molecule is CCOc1cc(/C=C2/C(=O)N(C(C)CC)C(=O)C(C#N)=C2C)ccc1OCc1ccc(F)cc1. The van der Waals surface area contributed by atoms with Gasteiger partial charge in [0, 0.05) is 11.6 Å². The molecule has 1 unspecified atom stereocenters. The van der Waals surface area contributed by atoms with Crippen LogP contribution in [0.3, 0.4) is 0 Å². The molecule has 7 heteroatoms. The van der Waals surface area contributed by atoms with Crippen molar-refractivity contribution in [2.24, 2.45) is 0 Å². The Morgan fingerprint density at radius 1 is 1.06 bits per heavy atom. The van der Waals surface area contributed by atoms with Gasteiger partial charge in [-0.3, -0.25) is 14.5 Å². The van der Waals surface area contributed by atoms with Gasteiger partial charge in [0.25, 0.3) is 11.8 Å². The summed E-state index contributed by atoms with van der Waals surface area (Å²) in [4.78, 5) is 27.0. The van der Waals surface area contributed by atoms with Crippen molar-refractivity contribution in [3.05, 3.63) is 76.1 Å². The van der Waals surface area contributed by atoms with Crippen molar-refractivity contribution in [1.29, 1.82) is 5.26 Å². The van der Waals surface area contributed by atoms with E-state index in [1.807, 2.05) is 19.9 Å². The number of hydrogen-bond donors (Lipinski definition) is 0. The number of nitriles is 1. The van der Waals surface area contributed by atoms with Gasteiger partial charge in [0.05, 0.1) is 6.61 Å². The average Bonchev–Trinajstić information content (AvgIpc) is 2.82. The molecule has 0 fully saturated rings. The molecule has 0 aliphatic carbocycles.